The number of nitrogens with zero attached hydrogens (tertiary/aromatic N) is 4. The smallest absolute Gasteiger partial charge is 0.353 e. The van der Waals surface area contributed by atoms with Crippen LogP contribution in [0.2, 0.25) is 0 Å². The predicted octanol–water partition coefficient (Wildman–Crippen LogP) is 2.91. The van der Waals surface area contributed by atoms with E-state index in [9.17, 15) is 14.9 Å². The van der Waals surface area contributed by atoms with Gasteiger partial charge in [0.1, 0.15) is 6.33 Å². The van der Waals surface area contributed by atoms with E-state index in [1.165, 1.54) is 26.3 Å². The summed E-state index contributed by atoms with van der Waals surface area (Å²) in [6.45, 7) is 1.06. The monoisotopic (exact) mass is 377 g/mol. The van der Waals surface area contributed by atoms with Gasteiger partial charge in [-0.25, -0.2) is 9.97 Å². The SMILES string of the molecule is COC(=O)C1CCN(c2ncnc(NC3CCCCCC3)c2[N+](=O)[O-])CC1. The van der Waals surface area contributed by atoms with Crippen LogP contribution in [0.1, 0.15) is 51.4 Å². The minimum Gasteiger partial charge on any atom is -0.469 e. The van der Waals surface area contributed by atoms with Crippen molar-refractivity contribution in [1.82, 2.24) is 9.97 Å². The third-order valence-corrected chi connectivity index (χ3v) is 5.51. The lowest BCUT2D eigenvalue weighted by Crippen LogP contribution is -2.37. The number of carbonyl (C=O) groups is 1. The quantitative estimate of drug-likeness (QED) is 0.361. The number of carbonyl (C=O) groups excluding carboxylic acids is 1. The van der Waals surface area contributed by atoms with Gasteiger partial charge in [-0.2, -0.15) is 0 Å². The largest absolute Gasteiger partial charge is 0.469 e. The standard InChI is InChI=1S/C18H27N5O4/c1-27-18(24)13-8-10-22(11-9-13)17-15(23(25)26)16(19-12-20-17)21-14-6-4-2-3-5-7-14/h12-14H,2-11H2,1H3,(H,19,20,21). The van der Waals surface area contributed by atoms with E-state index in [4.69, 9.17) is 4.74 Å². The molecule has 148 valence electrons. The first-order valence-corrected chi connectivity index (χ1v) is 9.69. The molecule has 1 aromatic rings. The molecule has 9 heteroatoms. The molecular formula is C18H27N5O4. The van der Waals surface area contributed by atoms with Gasteiger partial charge in [-0.05, 0) is 25.7 Å². The number of methoxy groups -OCH3 is 1. The van der Waals surface area contributed by atoms with E-state index in [0.29, 0.717) is 37.6 Å². The van der Waals surface area contributed by atoms with Gasteiger partial charge >= 0.3 is 11.7 Å². The molecular weight excluding hydrogens is 350 g/mol. The molecule has 0 aromatic carbocycles. The Hall–Kier alpha value is -2.45. The molecule has 0 atom stereocenters. The van der Waals surface area contributed by atoms with E-state index in [-0.39, 0.29) is 23.6 Å². The highest BCUT2D eigenvalue weighted by Gasteiger charge is 2.32. The van der Waals surface area contributed by atoms with Crippen LogP contribution in [0, 0.1) is 16.0 Å². The van der Waals surface area contributed by atoms with Gasteiger partial charge in [0.15, 0.2) is 0 Å². The van der Waals surface area contributed by atoms with Gasteiger partial charge in [-0.1, -0.05) is 25.7 Å². The fourth-order valence-electron chi connectivity index (χ4n) is 3.99. The molecule has 1 aliphatic carbocycles. The first kappa shape index (κ1) is 19.3. The lowest BCUT2D eigenvalue weighted by atomic mass is 9.97. The third kappa shape index (κ3) is 4.64. The molecule has 1 N–H and O–H groups in total. The molecule has 2 fully saturated rings. The number of aromatic nitrogens is 2. The van der Waals surface area contributed by atoms with Gasteiger partial charge < -0.3 is 15.0 Å². The van der Waals surface area contributed by atoms with Gasteiger partial charge in [0.25, 0.3) is 0 Å². The van der Waals surface area contributed by atoms with E-state index >= 15 is 0 Å². The van der Waals surface area contributed by atoms with Crippen LogP contribution >= 0.6 is 0 Å². The van der Waals surface area contributed by atoms with Crippen LogP contribution in [-0.4, -0.2) is 47.1 Å². The van der Waals surface area contributed by atoms with Crippen LogP contribution < -0.4 is 10.2 Å². The molecule has 27 heavy (non-hydrogen) atoms. The Labute approximate surface area is 158 Å². The van der Waals surface area contributed by atoms with E-state index < -0.39 is 4.92 Å². The molecule has 0 spiro atoms. The molecule has 1 saturated heterocycles. The Morgan fingerprint density at radius 3 is 2.44 bits per heavy atom. The van der Waals surface area contributed by atoms with Crippen LogP contribution in [0.3, 0.4) is 0 Å². The van der Waals surface area contributed by atoms with Gasteiger partial charge in [0.2, 0.25) is 11.6 Å². The maximum atomic E-state index is 11.8. The number of nitro groups is 1. The summed E-state index contributed by atoms with van der Waals surface area (Å²) in [5.41, 5.74) is -0.0711. The summed E-state index contributed by atoms with van der Waals surface area (Å²) in [6.07, 6.45) is 9.26. The molecule has 0 radical (unpaired) electrons. The van der Waals surface area contributed by atoms with Crippen LogP contribution in [0.25, 0.3) is 0 Å². The zero-order valence-corrected chi connectivity index (χ0v) is 15.7. The number of anilines is 2. The Kier molecular flexibility index (Phi) is 6.41. The number of hydrogen-bond donors (Lipinski definition) is 1. The number of hydrogen-bond acceptors (Lipinski definition) is 8. The minimum absolute atomic E-state index is 0.0711. The molecule has 3 rings (SSSR count). The number of esters is 1. The first-order valence-electron chi connectivity index (χ1n) is 9.69. The molecule has 2 aliphatic rings. The zero-order chi connectivity index (χ0) is 19.2. The van der Waals surface area contributed by atoms with Crippen molar-refractivity contribution in [3.05, 3.63) is 16.4 Å². The summed E-state index contributed by atoms with van der Waals surface area (Å²) in [6, 6.07) is 0.207. The first-order chi connectivity index (χ1) is 13.1. The number of nitrogens with one attached hydrogen (secondary N) is 1. The van der Waals surface area contributed by atoms with Crippen molar-refractivity contribution >= 4 is 23.3 Å². The van der Waals surface area contributed by atoms with E-state index in [2.05, 4.69) is 15.3 Å². The van der Waals surface area contributed by atoms with Crippen molar-refractivity contribution in [3.63, 3.8) is 0 Å². The van der Waals surface area contributed by atoms with E-state index in [1.54, 1.807) is 0 Å². The van der Waals surface area contributed by atoms with Gasteiger partial charge in [-0.3, -0.25) is 14.9 Å². The number of rotatable bonds is 5. The Morgan fingerprint density at radius 1 is 1.19 bits per heavy atom. The highest BCUT2D eigenvalue weighted by molar-refractivity contribution is 5.74. The Bertz CT molecular complexity index is 668. The van der Waals surface area contributed by atoms with Crippen molar-refractivity contribution in [2.24, 2.45) is 5.92 Å². The second kappa shape index (κ2) is 8.96. The number of ether oxygens (including phenoxy) is 1. The van der Waals surface area contributed by atoms with Crippen LogP contribution in [0.15, 0.2) is 6.33 Å². The molecule has 1 aromatic heterocycles. The Morgan fingerprint density at radius 2 is 1.85 bits per heavy atom. The van der Waals surface area contributed by atoms with Crippen molar-refractivity contribution in [3.8, 4) is 0 Å². The highest BCUT2D eigenvalue weighted by atomic mass is 16.6. The molecule has 9 nitrogen and oxygen atoms in total. The molecule has 0 bridgehead atoms. The molecule has 2 heterocycles. The maximum absolute atomic E-state index is 11.8. The van der Waals surface area contributed by atoms with Crippen molar-refractivity contribution in [1.29, 1.82) is 0 Å². The average molecular weight is 377 g/mol. The normalized spacial score (nSPS) is 19.4. The van der Waals surface area contributed by atoms with Crippen LogP contribution in [0.5, 0.6) is 0 Å². The summed E-state index contributed by atoms with van der Waals surface area (Å²) >= 11 is 0. The zero-order valence-electron chi connectivity index (χ0n) is 15.7. The van der Waals surface area contributed by atoms with Gasteiger partial charge in [0.05, 0.1) is 18.0 Å². The fraction of sp³-hybridized carbons (Fsp3) is 0.722. The summed E-state index contributed by atoms with van der Waals surface area (Å²) in [5.74, 6) is 0.250. The molecule has 0 unspecified atom stereocenters. The van der Waals surface area contributed by atoms with E-state index in [1.807, 2.05) is 4.90 Å². The average Bonchev–Trinajstić information content (AvgIpc) is 2.96. The second-order valence-corrected chi connectivity index (χ2v) is 7.27. The fourth-order valence-corrected chi connectivity index (χ4v) is 3.99. The topological polar surface area (TPSA) is 110 Å². The maximum Gasteiger partial charge on any atom is 0.353 e. The lowest BCUT2D eigenvalue weighted by Gasteiger charge is -2.31. The Balaban J connectivity index is 1.77. The summed E-state index contributed by atoms with van der Waals surface area (Å²) in [4.78, 5) is 33.3. The summed E-state index contributed by atoms with van der Waals surface area (Å²) in [5, 5.41) is 15.1. The van der Waals surface area contributed by atoms with Gasteiger partial charge in [-0.15, -0.1) is 0 Å². The lowest BCUT2D eigenvalue weighted by molar-refractivity contribution is -0.383. The highest BCUT2D eigenvalue weighted by Crippen LogP contribution is 2.35. The van der Waals surface area contributed by atoms with Crippen LogP contribution in [0.4, 0.5) is 17.3 Å². The molecule has 1 saturated carbocycles. The predicted molar refractivity (Wildman–Crippen MR) is 101 cm³/mol. The third-order valence-electron chi connectivity index (χ3n) is 5.51. The van der Waals surface area contributed by atoms with Crippen molar-refractivity contribution in [2.75, 3.05) is 30.4 Å². The molecule has 1 aliphatic heterocycles. The minimum atomic E-state index is -0.402. The summed E-state index contributed by atoms with van der Waals surface area (Å²) < 4.78 is 4.81. The van der Waals surface area contributed by atoms with Crippen molar-refractivity contribution in [2.45, 2.75) is 57.4 Å². The van der Waals surface area contributed by atoms with Crippen LogP contribution in [-0.2, 0) is 9.53 Å². The summed E-state index contributed by atoms with van der Waals surface area (Å²) in [7, 11) is 1.38. The van der Waals surface area contributed by atoms with Crippen molar-refractivity contribution < 1.29 is 14.5 Å². The molecule has 0 amide bonds. The van der Waals surface area contributed by atoms with E-state index in [0.717, 1.165) is 25.7 Å². The number of piperidine rings is 1. The van der Waals surface area contributed by atoms with Gasteiger partial charge in [0, 0.05) is 19.1 Å². The second-order valence-electron chi connectivity index (χ2n) is 7.27.